The van der Waals surface area contributed by atoms with Crippen LogP contribution >= 0.6 is 0 Å². The average molecular weight is 258 g/mol. The third-order valence-corrected chi connectivity index (χ3v) is 3.34. The van der Waals surface area contributed by atoms with Gasteiger partial charge in [0.15, 0.2) is 5.69 Å². The molecular formula is C14H14N2O3. The first-order valence-electron chi connectivity index (χ1n) is 6.14. The summed E-state index contributed by atoms with van der Waals surface area (Å²) in [5, 5.41) is 9.09. The van der Waals surface area contributed by atoms with Crippen molar-refractivity contribution in [3.63, 3.8) is 0 Å². The van der Waals surface area contributed by atoms with E-state index in [1.54, 1.807) is 10.9 Å². The normalized spacial score (nSPS) is 12.8. The van der Waals surface area contributed by atoms with Gasteiger partial charge in [0.1, 0.15) is 18.7 Å². The second-order valence-corrected chi connectivity index (χ2v) is 4.89. The van der Waals surface area contributed by atoms with Crippen LogP contribution < -0.4 is 4.74 Å². The highest BCUT2D eigenvalue weighted by Gasteiger charge is 2.24. The SMILES string of the molecule is CC(C)c1ccc2c(c1)-n1cnc(C(=O)O)c1CO2. The number of hydrogen-bond acceptors (Lipinski definition) is 3. The summed E-state index contributed by atoms with van der Waals surface area (Å²) < 4.78 is 7.41. The van der Waals surface area contributed by atoms with E-state index in [1.807, 2.05) is 18.2 Å². The van der Waals surface area contributed by atoms with Crippen LogP contribution in [0.25, 0.3) is 5.69 Å². The molecule has 98 valence electrons. The number of carboxylic acids is 1. The fourth-order valence-electron chi connectivity index (χ4n) is 2.25. The summed E-state index contributed by atoms with van der Waals surface area (Å²) in [6, 6.07) is 5.98. The molecule has 0 aliphatic carbocycles. The summed E-state index contributed by atoms with van der Waals surface area (Å²) in [4.78, 5) is 15.0. The molecule has 1 aliphatic rings. The Kier molecular flexibility index (Phi) is 2.55. The van der Waals surface area contributed by atoms with E-state index >= 15 is 0 Å². The van der Waals surface area contributed by atoms with Crippen molar-refractivity contribution in [1.29, 1.82) is 0 Å². The Labute approximate surface area is 110 Å². The summed E-state index contributed by atoms with van der Waals surface area (Å²) in [5.41, 5.74) is 2.68. The number of aromatic nitrogens is 2. The van der Waals surface area contributed by atoms with Gasteiger partial charge in [0, 0.05) is 0 Å². The Morgan fingerprint density at radius 1 is 1.47 bits per heavy atom. The van der Waals surface area contributed by atoms with Gasteiger partial charge in [0.25, 0.3) is 0 Å². The number of nitrogens with zero attached hydrogens (tertiary/aromatic N) is 2. The minimum Gasteiger partial charge on any atom is -0.485 e. The number of ether oxygens (including phenoxy) is 1. The molecule has 0 saturated heterocycles. The zero-order valence-electron chi connectivity index (χ0n) is 10.8. The second-order valence-electron chi connectivity index (χ2n) is 4.89. The molecule has 0 unspecified atom stereocenters. The molecule has 1 aliphatic heterocycles. The first-order valence-corrected chi connectivity index (χ1v) is 6.14. The van der Waals surface area contributed by atoms with Crippen LogP contribution in [0.3, 0.4) is 0 Å². The summed E-state index contributed by atoms with van der Waals surface area (Å²) in [6.07, 6.45) is 1.55. The topological polar surface area (TPSA) is 64.4 Å². The molecule has 5 nitrogen and oxygen atoms in total. The molecule has 0 spiro atoms. The van der Waals surface area contributed by atoms with Crippen LogP contribution in [0.1, 0.15) is 41.5 Å². The van der Waals surface area contributed by atoms with Gasteiger partial charge >= 0.3 is 5.97 Å². The maximum Gasteiger partial charge on any atom is 0.356 e. The highest BCUT2D eigenvalue weighted by molar-refractivity contribution is 5.87. The van der Waals surface area contributed by atoms with E-state index in [2.05, 4.69) is 18.8 Å². The van der Waals surface area contributed by atoms with Crippen LogP contribution in [-0.2, 0) is 6.61 Å². The largest absolute Gasteiger partial charge is 0.485 e. The van der Waals surface area contributed by atoms with Crippen LogP contribution in [0, 0.1) is 0 Å². The van der Waals surface area contributed by atoms with Crippen molar-refractivity contribution in [3.8, 4) is 11.4 Å². The van der Waals surface area contributed by atoms with E-state index in [0.29, 0.717) is 11.6 Å². The third kappa shape index (κ3) is 1.78. The third-order valence-electron chi connectivity index (χ3n) is 3.34. The van der Waals surface area contributed by atoms with Gasteiger partial charge in [0.05, 0.1) is 11.4 Å². The van der Waals surface area contributed by atoms with Gasteiger partial charge in [-0.1, -0.05) is 19.9 Å². The zero-order valence-corrected chi connectivity index (χ0v) is 10.8. The molecule has 0 amide bonds. The fraction of sp³-hybridized carbons (Fsp3) is 0.286. The van der Waals surface area contributed by atoms with Crippen molar-refractivity contribution in [2.75, 3.05) is 0 Å². The molecule has 0 saturated carbocycles. The number of benzene rings is 1. The monoisotopic (exact) mass is 258 g/mol. The molecule has 1 aromatic heterocycles. The van der Waals surface area contributed by atoms with Crippen LogP contribution in [0.15, 0.2) is 24.5 Å². The minimum absolute atomic E-state index is 0.0561. The maximum atomic E-state index is 11.1. The zero-order chi connectivity index (χ0) is 13.6. The highest BCUT2D eigenvalue weighted by atomic mass is 16.5. The lowest BCUT2D eigenvalue weighted by molar-refractivity contribution is 0.0687. The molecule has 19 heavy (non-hydrogen) atoms. The molecule has 0 atom stereocenters. The van der Waals surface area contributed by atoms with Crippen molar-refractivity contribution < 1.29 is 14.6 Å². The van der Waals surface area contributed by atoms with Crippen molar-refractivity contribution in [3.05, 3.63) is 41.5 Å². The van der Waals surface area contributed by atoms with Gasteiger partial charge in [-0.3, -0.25) is 4.57 Å². The number of carboxylic acid groups (broad SMARTS) is 1. The smallest absolute Gasteiger partial charge is 0.356 e. The van der Waals surface area contributed by atoms with Gasteiger partial charge in [-0.2, -0.15) is 0 Å². The number of imidazole rings is 1. The Morgan fingerprint density at radius 2 is 2.26 bits per heavy atom. The summed E-state index contributed by atoms with van der Waals surface area (Å²) in [6.45, 7) is 4.46. The molecule has 3 rings (SSSR count). The number of aromatic carboxylic acids is 1. The van der Waals surface area contributed by atoms with Gasteiger partial charge in [0.2, 0.25) is 0 Å². The number of fused-ring (bicyclic) bond motifs is 3. The molecule has 0 bridgehead atoms. The van der Waals surface area contributed by atoms with Crippen molar-refractivity contribution in [2.45, 2.75) is 26.4 Å². The first-order chi connectivity index (χ1) is 9.08. The molecule has 0 fully saturated rings. The lowest BCUT2D eigenvalue weighted by Crippen LogP contribution is -2.15. The number of hydrogen-bond donors (Lipinski definition) is 1. The second kappa shape index (κ2) is 4.12. The van der Waals surface area contributed by atoms with Crippen molar-refractivity contribution in [1.82, 2.24) is 9.55 Å². The van der Waals surface area contributed by atoms with Crippen molar-refractivity contribution in [2.24, 2.45) is 0 Å². The number of rotatable bonds is 2. The van der Waals surface area contributed by atoms with E-state index < -0.39 is 5.97 Å². The summed E-state index contributed by atoms with van der Waals surface area (Å²) in [5.74, 6) is 0.130. The summed E-state index contributed by atoms with van der Waals surface area (Å²) >= 11 is 0. The minimum atomic E-state index is -1.03. The molecule has 2 aromatic rings. The van der Waals surface area contributed by atoms with Crippen molar-refractivity contribution >= 4 is 5.97 Å². The molecule has 0 radical (unpaired) electrons. The lowest BCUT2D eigenvalue weighted by Gasteiger charge is -2.21. The van der Waals surface area contributed by atoms with Crippen LogP contribution in [-0.4, -0.2) is 20.6 Å². The van der Waals surface area contributed by atoms with E-state index in [4.69, 9.17) is 9.84 Å². The molecular weight excluding hydrogens is 244 g/mol. The highest BCUT2D eigenvalue weighted by Crippen LogP contribution is 2.33. The molecule has 2 heterocycles. The van der Waals surface area contributed by atoms with E-state index in [-0.39, 0.29) is 12.3 Å². The molecule has 5 heteroatoms. The van der Waals surface area contributed by atoms with Gasteiger partial charge < -0.3 is 9.84 Å². The average Bonchev–Trinajstić information content (AvgIpc) is 2.82. The fourth-order valence-corrected chi connectivity index (χ4v) is 2.25. The Bertz CT molecular complexity index is 659. The quantitative estimate of drug-likeness (QED) is 0.899. The lowest BCUT2D eigenvalue weighted by atomic mass is 10.0. The van der Waals surface area contributed by atoms with E-state index in [0.717, 1.165) is 11.4 Å². The number of carbonyl (C=O) groups is 1. The first kappa shape index (κ1) is 11.8. The Balaban J connectivity index is 2.17. The van der Waals surface area contributed by atoms with Crippen LogP contribution in [0.5, 0.6) is 5.75 Å². The molecule has 1 aromatic carbocycles. The standard InChI is InChI=1S/C14H14N2O3/c1-8(2)9-3-4-12-10(5-9)16-7-15-13(14(17)18)11(16)6-19-12/h3-5,7-8H,6H2,1-2H3,(H,17,18). The maximum absolute atomic E-state index is 11.1. The predicted octanol–water partition coefficient (Wildman–Crippen LogP) is 2.59. The van der Waals surface area contributed by atoms with Gasteiger partial charge in [-0.05, 0) is 23.6 Å². The molecule has 1 N–H and O–H groups in total. The van der Waals surface area contributed by atoms with Gasteiger partial charge in [-0.25, -0.2) is 9.78 Å². The van der Waals surface area contributed by atoms with E-state index in [9.17, 15) is 4.79 Å². The van der Waals surface area contributed by atoms with Crippen LogP contribution in [0.4, 0.5) is 0 Å². The Morgan fingerprint density at radius 3 is 2.95 bits per heavy atom. The predicted molar refractivity (Wildman–Crippen MR) is 68.9 cm³/mol. The van der Waals surface area contributed by atoms with E-state index in [1.165, 1.54) is 5.56 Å². The summed E-state index contributed by atoms with van der Waals surface area (Å²) in [7, 11) is 0. The van der Waals surface area contributed by atoms with Crippen LogP contribution in [0.2, 0.25) is 0 Å². The Hall–Kier alpha value is -2.30. The van der Waals surface area contributed by atoms with Gasteiger partial charge in [-0.15, -0.1) is 0 Å².